The van der Waals surface area contributed by atoms with Crippen molar-refractivity contribution in [3.8, 4) is 0 Å². The average Bonchev–Trinajstić information content (AvgIpc) is 3.11. The van der Waals surface area contributed by atoms with Gasteiger partial charge in [0.1, 0.15) is 0 Å². The van der Waals surface area contributed by atoms with E-state index in [0.29, 0.717) is 0 Å². The molecule has 0 bridgehead atoms. The summed E-state index contributed by atoms with van der Waals surface area (Å²) in [7, 11) is 0. The smallest absolute Gasteiger partial charge is 0.0923 e. The summed E-state index contributed by atoms with van der Waals surface area (Å²) >= 11 is 0. The molecule has 4 nitrogen and oxygen atoms in total. The van der Waals surface area contributed by atoms with Crippen LogP contribution < -0.4 is 0 Å². The fourth-order valence-electron chi connectivity index (χ4n) is 2.87. The maximum Gasteiger partial charge on any atom is 0.0923 e. The molecular weight excluding hydrogens is 272 g/mol. The van der Waals surface area contributed by atoms with Crippen molar-refractivity contribution in [2.75, 3.05) is 0 Å². The Balaban J connectivity index is 1.98. The number of rotatable bonds is 3. The van der Waals surface area contributed by atoms with Crippen molar-refractivity contribution in [2.24, 2.45) is 0 Å². The predicted molar refractivity (Wildman–Crippen MR) is 85.5 cm³/mol. The van der Waals surface area contributed by atoms with Crippen LogP contribution in [0.3, 0.4) is 0 Å². The van der Waals surface area contributed by atoms with Crippen LogP contribution >= 0.6 is 0 Å². The highest BCUT2D eigenvalue weighted by molar-refractivity contribution is 5.83. The minimum atomic E-state index is 0.0575. The molecule has 22 heavy (non-hydrogen) atoms. The Morgan fingerprint density at radius 3 is 2.59 bits per heavy atom. The van der Waals surface area contributed by atoms with Crippen LogP contribution in [0.15, 0.2) is 73.6 Å². The molecule has 0 saturated carbocycles. The molecule has 3 heterocycles. The fourth-order valence-corrected chi connectivity index (χ4v) is 2.87. The molecule has 4 aromatic rings. The first kappa shape index (κ1) is 12.7. The van der Waals surface area contributed by atoms with Gasteiger partial charge in [-0.25, -0.2) is 4.98 Å². The van der Waals surface area contributed by atoms with E-state index in [-0.39, 0.29) is 5.92 Å². The molecule has 4 heteroatoms. The van der Waals surface area contributed by atoms with Crippen LogP contribution in [0.1, 0.15) is 22.7 Å². The Bertz CT molecular complexity index is 880. The van der Waals surface area contributed by atoms with Crippen LogP contribution in [0.25, 0.3) is 10.9 Å². The van der Waals surface area contributed by atoms with Crippen molar-refractivity contribution in [1.82, 2.24) is 19.9 Å². The molecule has 0 saturated heterocycles. The summed E-state index contributed by atoms with van der Waals surface area (Å²) in [5, 5.41) is 1.15. The Morgan fingerprint density at radius 2 is 1.77 bits per heavy atom. The summed E-state index contributed by atoms with van der Waals surface area (Å²) in [4.78, 5) is 16.1. The Morgan fingerprint density at radius 1 is 0.864 bits per heavy atom. The number of aromatic amines is 1. The molecule has 106 valence electrons. The minimum absolute atomic E-state index is 0.0575. The molecule has 1 atom stereocenters. The van der Waals surface area contributed by atoms with E-state index in [4.69, 9.17) is 0 Å². The van der Waals surface area contributed by atoms with E-state index >= 15 is 0 Å². The number of hydrogen-bond donors (Lipinski definition) is 1. The highest BCUT2D eigenvalue weighted by Crippen LogP contribution is 2.34. The molecule has 1 N–H and O–H groups in total. The number of imidazole rings is 1. The lowest BCUT2D eigenvalue weighted by Crippen LogP contribution is -2.05. The molecule has 0 fully saturated rings. The van der Waals surface area contributed by atoms with E-state index in [2.05, 4.69) is 32.1 Å². The second kappa shape index (κ2) is 5.41. The van der Waals surface area contributed by atoms with Gasteiger partial charge in [-0.15, -0.1) is 0 Å². The number of nitrogens with one attached hydrogen (secondary N) is 1. The first-order chi connectivity index (χ1) is 10.9. The molecule has 3 aromatic heterocycles. The van der Waals surface area contributed by atoms with Gasteiger partial charge in [0.2, 0.25) is 0 Å². The lowest BCUT2D eigenvalue weighted by molar-refractivity contribution is 0.937. The van der Waals surface area contributed by atoms with Crippen LogP contribution in [0, 0.1) is 0 Å². The first-order valence-corrected chi connectivity index (χ1v) is 7.16. The average molecular weight is 286 g/mol. The Hall–Kier alpha value is -3.01. The van der Waals surface area contributed by atoms with Gasteiger partial charge in [0.25, 0.3) is 0 Å². The molecule has 0 aliphatic heterocycles. The molecule has 4 rings (SSSR count). The Labute approximate surface area is 127 Å². The van der Waals surface area contributed by atoms with E-state index in [1.807, 2.05) is 55.1 Å². The van der Waals surface area contributed by atoms with Gasteiger partial charge in [0, 0.05) is 30.2 Å². The second-order valence-electron chi connectivity index (χ2n) is 5.12. The molecule has 0 amide bonds. The maximum atomic E-state index is 4.48. The van der Waals surface area contributed by atoms with E-state index < -0.39 is 0 Å². The topological polar surface area (TPSA) is 54.5 Å². The van der Waals surface area contributed by atoms with Crippen LogP contribution in [-0.4, -0.2) is 19.9 Å². The number of pyridine rings is 2. The summed E-state index contributed by atoms with van der Waals surface area (Å²) < 4.78 is 0. The summed E-state index contributed by atoms with van der Waals surface area (Å²) in [5.41, 5.74) is 4.35. The number of fused-ring (bicyclic) bond motifs is 1. The van der Waals surface area contributed by atoms with Gasteiger partial charge < -0.3 is 4.98 Å². The summed E-state index contributed by atoms with van der Waals surface area (Å²) in [6.07, 6.45) is 9.12. The third-order valence-electron chi connectivity index (χ3n) is 3.84. The lowest BCUT2D eigenvalue weighted by Gasteiger charge is -2.17. The van der Waals surface area contributed by atoms with Crippen LogP contribution in [-0.2, 0) is 0 Å². The van der Waals surface area contributed by atoms with E-state index in [0.717, 1.165) is 16.6 Å². The number of H-pyrrole nitrogens is 1. The predicted octanol–water partition coefficient (Wildman–Crippen LogP) is 3.53. The van der Waals surface area contributed by atoms with Crippen molar-refractivity contribution in [2.45, 2.75) is 5.92 Å². The third kappa shape index (κ3) is 2.15. The molecule has 0 spiro atoms. The van der Waals surface area contributed by atoms with Gasteiger partial charge in [0.05, 0.1) is 23.5 Å². The quantitative estimate of drug-likeness (QED) is 0.627. The lowest BCUT2D eigenvalue weighted by atomic mass is 9.87. The zero-order valence-electron chi connectivity index (χ0n) is 11.8. The molecule has 0 radical (unpaired) electrons. The summed E-state index contributed by atoms with van der Waals surface area (Å²) in [6.45, 7) is 0. The first-order valence-electron chi connectivity index (χ1n) is 7.16. The SMILES string of the molecule is c1cc(C(c2ccncc2)c2c[nH]cn2)c2cccnc2c1. The van der Waals surface area contributed by atoms with Crippen LogP contribution in [0.4, 0.5) is 0 Å². The minimum Gasteiger partial charge on any atom is -0.351 e. The molecular formula is C18H14N4. The van der Waals surface area contributed by atoms with Gasteiger partial charge >= 0.3 is 0 Å². The van der Waals surface area contributed by atoms with Gasteiger partial charge in [-0.2, -0.15) is 0 Å². The zero-order valence-corrected chi connectivity index (χ0v) is 11.8. The van der Waals surface area contributed by atoms with Crippen molar-refractivity contribution >= 4 is 10.9 Å². The normalized spacial score (nSPS) is 12.4. The number of hydrogen-bond acceptors (Lipinski definition) is 3. The largest absolute Gasteiger partial charge is 0.351 e. The van der Waals surface area contributed by atoms with E-state index in [9.17, 15) is 0 Å². The highest BCUT2D eigenvalue weighted by atomic mass is 14.9. The van der Waals surface area contributed by atoms with E-state index in [1.54, 1.807) is 6.33 Å². The zero-order chi connectivity index (χ0) is 14.8. The standard InChI is InChI=1S/C18H14N4/c1-3-15(14-4-2-8-21-16(14)5-1)18(17-11-20-12-22-17)13-6-9-19-10-7-13/h1-12,18H,(H,20,22). The third-order valence-corrected chi connectivity index (χ3v) is 3.84. The maximum absolute atomic E-state index is 4.48. The van der Waals surface area contributed by atoms with Gasteiger partial charge in [-0.05, 0) is 35.4 Å². The van der Waals surface area contributed by atoms with Crippen LogP contribution in [0.2, 0.25) is 0 Å². The van der Waals surface area contributed by atoms with Gasteiger partial charge in [-0.3, -0.25) is 9.97 Å². The van der Waals surface area contributed by atoms with E-state index in [1.165, 1.54) is 11.1 Å². The van der Waals surface area contributed by atoms with Crippen molar-refractivity contribution < 1.29 is 0 Å². The summed E-state index contributed by atoms with van der Waals surface area (Å²) in [5.74, 6) is 0.0575. The number of aromatic nitrogens is 4. The van der Waals surface area contributed by atoms with Gasteiger partial charge in [-0.1, -0.05) is 18.2 Å². The number of benzene rings is 1. The molecule has 0 aliphatic carbocycles. The second-order valence-corrected chi connectivity index (χ2v) is 5.12. The number of nitrogens with zero attached hydrogens (tertiary/aromatic N) is 3. The van der Waals surface area contributed by atoms with Gasteiger partial charge in [0.15, 0.2) is 0 Å². The monoisotopic (exact) mass is 286 g/mol. The van der Waals surface area contributed by atoms with Crippen molar-refractivity contribution in [1.29, 1.82) is 0 Å². The van der Waals surface area contributed by atoms with Crippen molar-refractivity contribution in [3.63, 3.8) is 0 Å². The molecule has 0 aliphatic rings. The molecule has 1 unspecified atom stereocenters. The fraction of sp³-hybridized carbons (Fsp3) is 0.0556. The highest BCUT2D eigenvalue weighted by Gasteiger charge is 2.20. The van der Waals surface area contributed by atoms with Crippen molar-refractivity contribution in [3.05, 3.63) is 90.4 Å². The Kier molecular flexibility index (Phi) is 3.12. The molecule has 1 aromatic carbocycles. The summed E-state index contributed by atoms with van der Waals surface area (Å²) in [6, 6.07) is 14.4. The van der Waals surface area contributed by atoms with Crippen LogP contribution in [0.5, 0.6) is 0 Å².